The molecule has 0 aliphatic heterocycles. The normalized spacial score (nSPS) is 11.9. The fourth-order valence-corrected chi connectivity index (χ4v) is 9.47. The Morgan fingerprint density at radius 2 is 0.746 bits per heavy atom. The fourth-order valence-electron chi connectivity index (χ4n) is 9.47. The van der Waals surface area contributed by atoms with Gasteiger partial charge in [0.25, 0.3) is 0 Å². The zero-order chi connectivity index (χ0) is 47.2. The van der Waals surface area contributed by atoms with E-state index in [1.54, 1.807) is 24.3 Å². The van der Waals surface area contributed by atoms with Crippen LogP contribution in [0.5, 0.6) is 80.5 Å². The highest BCUT2D eigenvalue weighted by molar-refractivity contribution is 6.46. The van der Waals surface area contributed by atoms with E-state index >= 15 is 0 Å². The Morgan fingerprint density at radius 1 is 0.284 bits per heavy atom. The molecular formula is C50H31BO16. The summed E-state index contributed by atoms with van der Waals surface area (Å²) >= 11 is 0. The lowest BCUT2D eigenvalue weighted by Gasteiger charge is -2.24. The van der Waals surface area contributed by atoms with Crippen molar-refractivity contribution in [1.82, 2.24) is 0 Å². The number of phenolic OH excluding ortho intramolecular Hbond substituents is 14. The van der Waals surface area contributed by atoms with Gasteiger partial charge >= 0.3 is 0 Å². The number of fused-ring (bicyclic) bond motifs is 8. The molecule has 0 bridgehead atoms. The predicted octanol–water partition coefficient (Wildman–Crippen LogP) is 8.60. The first-order chi connectivity index (χ1) is 32.0. The van der Waals surface area contributed by atoms with E-state index in [4.69, 9.17) is 8.83 Å². The van der Waals surface area contributed by atoms with Gasteiger partial charge in [0.2, 0.25) is 28.7 Å². The van der Waals surface area contributed by atoms with E-state index in [2.05, 4.69) is 0 Å². The topological polar surface area (TPSA) is 310 Å². The number of hydrogen-bond donors (Lipinski definition) is 14. The maximum atomic E-state index is 12.1. The molecule has 2 aromatic heterocycles. The van der Waals surface area contributed by atoms with E-state index in [1.165, 1.54) is 7.85 Å². The maximum absolute atomic E-state index is 12.1. The van der Waals surface area contributed by atoms with Crippen LogP contribution in [0.1, 0.15) is 0 Å². The number of furan rings is 2. The van der Waals surface area contributed by atoms with Gasteiger partial charge in [0, 0.05) is 43.6 Å². The van der Waals surface area contributed by atoms with E-state index in [9.17, 15) is 71.5 Å². The van der Waals surface area contributed by atoms with Gasteiger partial charge in [-0.3, -0.25) is 0 Å². The zero-order valence-electron chi connectivity index (χ0n) is 34.2. The highest BCUT2D eigenvalue weighted by Gasteiger charge is 2.36. The Hall–Kier alpha value is -9.64. The van der Waals surface area contributed by atoms with Gasteiger partial charge in [-0.2, -0.15) is 0 Å². The van der Waals surface area contributed by atoms with E-state index in [0.29, 0.717) is 16.7 Å². The number of phenols is 14. The van der Waals surface area contributed by atoms with Gasteiger partial charge in [0.15, 0.2) is 62.9 Å². The lowest BCUT2D eigenvalue weighted by molar-refractivity contribution is 0.348. The van der Waals surface area contributed by atoms with Gasteiger partial charge in [-0.15, -0.1) is 0 Å². The lowest BCUT2D eigenvalue weighted by atomic mass is 9.77. The molecule has 0 aliphatic rings. The van der Waals surface area contributed by atoms with E-state index in [0.717, 1.165) is 27.5 Å². The SMILES string of the molecule is Bc1c(O)c(O)c(O)c2c(-c3ccc(-c4ccccc4-c4cccc5c4oc4ccccc45)cc3)c3c(O)c(O)c(O)c(O)c3c(-c3c(O)c(O)c4c(oc5c(O)c(O)c(O)c(O)c54)c3O)c12. The van der Waals surface area contributed by atoms with Gasteiger partial charge in [-0.1, -0.05) is 84.9 Å². The van der Waals surface area contributed by atoms with Crippen LogP contribution in [0.15, 0.2) is 99.8 Å². The van der Waals surface area contributed by atoms with Crippen LogP contribution in [0, 0.1) is 0 Å². The molecule has 0 unspecified atom stereocenters. The Kier molecular flexibility index (Phi) is 8.20. The van der Waals surface area contributed by atoms with Crippen molar-refractivity contribution in [3.63, 3.8) is 0 Å². The molecule has 0 fully saturated rings. The Labute approximate surface area is 374 Å². The van der Waals surface area contributed by atoms with Gasteiger partial charge in [-0.25, -0.2) is 0 Å². The number of rotatable bonds is 4. The molecule has 0 aliphatic carbocycles. The van der Waals surface area contributed by atoms with Crippen LogP contribution in [0.4, 0.5) is 0 Å². The average Bonchev–Trinajstić information content (AvgIpc) is 3.94. The van der Waals surface area contributed by atoms with Gasteiger partial charge in [-0.05, 0) is 39.2 Å². The lowest BCUT2D eigenvalue weighted by Crippen LogP contribution is -2.09. The summed E-state index contributed by atoms with van der Waals surface area (Å²) in [5, 5.41) is 156. The summed E-state index contributed by atoms with van der Waals surface area (Å²) in [5.74, 6) is -16.3. The quantitative estimate of drug-likeness (QED) is 0.0340. The van der Waals surface area contributed by atoms with E-state index in [1.807, 2.05) is 66.7 Å². The van der Waals surface area contributed by atoms with Gasteiger partial charge in [0.05, 0.1) is 16.3 Å². The molecule has 0 amide bonds. The van der Waals surface area contributed by atoms with Crippen molar-refractivity contribution in [2.24, 2.45) is 0 Å². The summed E-state index contributed by atoms with van der Waals surface area (Å²) in [7, 11) is 1.24. The largest absolute Gasteiger partial charge is 0.505 e. The van der Waals surface area contributed by atoms with Gasteiger partial charge < -0.3 is 80.3 Å². The molecule has 0 atom stereocenters. The molecule has 0 saturated heterocycles. The third-order valence-corrected chi connectivity index (χ3v) is 12.6. The summed E-state index contributed by atoms with van der Waals surface area (Å²) in [6.07, 6.45) is 0. The van der Waals surface area contributed by atoms with E-state index < -0.39 is 130 Å². The standard InChI is InChI=1S/C50H31BO16/c51-33-26-25(30-37(55)38(56)31-32-39(57)45(63)46(64)47(65)50(32)67-49(31)40(30)58)29-28(35(53)43(61)44(62)36(29)54)24(27(26)34(52)42(60)41(33)59)17-14-12-16(13-15-17)18-6-1-2-7-19(18)21-9-5-10-22-20-8-3-4-11-23(20)66-48(21)22/h1-15,52-65H,51H2. The van der Waals surface area contributed by atoms with Crippen LogP contribution in [0.3, 0.4) is 0 Å². The van der Waals surface area contributed by atoms with Crippen molar-refractivity contribution in [3.8, 4) is 125 Å². The van der Waals surface area contributed by atoms with Crippen molar-refractivity contribution >= 4 is 78.7 Å². The Bertz CT molecular complexity index is 3960. The monoisotopic (exact) mass is 898 g/mol. The predicted molar refractivity (Wildman–Crippen MR) is 249 cm³/mol. The minimum atomic E-state index is -1.30. The van der Waals surface area contributed by atoms with E-state index in [-0.39, 0.29) is 22.0 Å². The molecule has 67 heavy (non-hydrogen) atoms. The molecule has 16 nitrogen and oxygen atoms in total. The molecule has 0 spiro atoms. The summed E-state index contributed by atoms with van der Waals surface area (Å²) in [4.78, 5) is 0. The Balaban J connectivity index is 1.23. The minimum Gasteiger partial charge on any atom is -0.505 e. The third-order valence-electron chi connectivity index (χ3n) is 12.6. The van der Waals surface area contributed by atoms with Crippen molar-refractivity contribution in [3.05, 3.63) is 91.0 Å². The second-order valence-electron chi connectivity index (χ2n) is 16.0. The molecule has 2 heterocycles. The second kappa shape index (κ2) is 13.7. The molecule has 17 heteroatoms. The third kappa shape index (κ3) is 5.12. The average molecular weight is 899 g/mol. The van der Waals surface area contributed by atoms with Crippen LogP contribution in [0.25, 0.3) is 110 Å². The summed E-state index contributed by atoms with van der Waals surface area (Å²) < 4.78 is 12.0. The zero-order valence-corrected chi connectivity index (χ0v) is 34.2. The fraction of sp³-hybridized carbons (Fsp3) is 0. The van der Waals surface area contributed by atoms with Gasteiger partial charge in [0.1, 0.15) is 19.0 Å². The molecule has 11 aromatic rings. The van der Waals surface area contributed by atoms with Crippen LogP contribution in [-0.2, 0) is 0 Å². The molecule has 11 rings (SSSR count). The molecule has 0 saturated carbocycles. The first-order valence-electron chi connectivity index (χ1n) is 20.2. The number of para-hydroxylation sites is 2. The van der Waals surface area contributed by atoms with Crippen LogP contribution < -0.4 is 5.46 Å². The maximum Gasteiger partial charge on any atom is 0.208 e. The minimum absolute atomic E-state index is 0.135. The smallest absolute Gasteiger partial charge is 0.208 e. The van der Waals surface area contributed by atoms with Crippen LogP contribution in [0.2, 0.25) is 0 Å². The van der Waals surface area contributed by atoms with Crippen molar-refractivity contribution < 1.29 is 80.3 Å². The summed E-state index contributed by atoms with van der Waals surface area (Å²) in [6.45, 7) is 0. The van der Waals surface area contributed by atoms with Crippen molar-refractivity contribution in [2.45, 2.75) is 0 Å². The molecule has 330 valence electrons. The summed E-state index contributed by atoms with van der Waals surface area (Å²) in [5.41, 5.74) is 0.867. The number of aromatic hydroxyl groups is 14. The first-order valence-corrected chi connectivity index (χ1v) is 20.2. The molecular weight excluding hydrogens is 867 g/mol. The summed E-state index contributed by atoms with van der Waals surface area (Å²) in [6, 6.07) is 27.6. The number of hydrogen-bond acceptors (Lipinski definition) is 16. The molecule has 9 aromatic carbocycles. The van der Waals surface area contributed by atoms with Crippen LogP contribution >= 0.6 is 0 Å². The highest BCUT2D eigenvalue weighted by Crippen LogP contribution is 2.64. The number of benzene rings is 9. The molecule has 0 radical (unpaired) electrons. The highest BCUT2D eigenvalue weighted by atomic mass is 16.4. The Morgan fingerprint density at radius 3 is 1.40 bits per heavy atom. The van der Waals surface area contributed by atoms with Crippen LogP contribution in [-0.4, -0.2) is 79.3 Å². The first kappa shape index (κ1) is 40.2. The van der Waals surface area contributed by atoms with Crippen molar-refractivity contribution in [2.75, 3.05) is 0 Å². The molecule has 14 N–H and O–H groups in total. The van der Waals surface area contributed by atoms with Crippen molar-refractivity contribution in [1.29, 1.82) is 0 Å². The second-order valence-corrected chi connectivity index (χ2v) is 16.0.